The number of rotatable bonds is 6. The molecule has 0 atom stereocenters. The molecule has 1 amide bonds. The molecular formula is C17H16FNO4S. The molecule has 2 aromatic rings. The Hall–Kier alpha value is -2.54. The van der Waals surface area contributed by atoms with Crippen LogP contribution in [0.4, 0.5) is 4.39 Å². The van der Waals surface area contributed by atoms with Crippen LogP contribution < -0.4 is 0 Å². The summed E-state index contributed by atoms with van der Waals surface area (Å²) in [5, 5.41) is 3.12. The van der Waals surface area contributed by atoms with Crippen molar-refractivity contribution >= 4 is 29.0 Å². The lowest BCUT2D eigenvalue weighted by Gasteiger charge is -2.16. The molecule has 24 heavy (non-hydrogen) atoms. The summed E-state index contributed by atoms with van der Waals surface area (Å²) >= 11 is 1.21. The van der Waals surface area contributed by atoms with E-state index in [0.29, 0.717) is 0 Å². The number of esters is 1. The number of hydrogen-bond donors (Lipinski definition) is 0. The van der Waals surface area contributed by atoms with E-state index in [2.05, 4.69) is 0 Å². The molecule has 0 aliphatic carbocycles. The highest BCUT2D eigenvalue weighted by Crippen LogP contribution is 2.21. The fourth-order valence-corrected chi connectivity index (χ4v) is 2.87. The second-order valence-corrected chi connectivity index (χ2v) is 5.74. The van der Waals surface area contributed by atoms with E-state index in [1.807, 2.05) is 0 Å². The van der Waals surface area contributed by atoms with Crippen LogP contribution in [-0.2, 0) is 9.53 Å². The number of nitrogens with zero attached hydrogens (tertiary/aromatic N) is 1. The zero-order chi connectivity index (χ0) is 17.7. The highest BCUT2D eigenvalue weighted by Gasteiger charge is 2.23. The molecular weight excluding hydrogens is 333 g/mol. The third-order valence-corrected chi connectivity index (χ3v) is 4.01. The van der Waals surface area contributed by atoms with E-state index >= 15 is 0 Å². The van der Waals surface area contributed by atoms with E-state index in [-0.39, 0.29) is 35.6 Å². The maximum Gasteiger partial charge on any atom is 0.325 e. The maximum absolute atomic E-state index is 13.0. The fourth-order valence-electron chi connectivity index (χ4n) is 2.07. The van der Waals surface area contributed by atoms with Crippen molar-refractivity contribution in [1.29, 1.82) is 0 Å². The van der Waals surface area contributed by atoms with Gasteiger partial charge in [0, 0.05) is 28.9 Å². The van der Waals surface area contributed by atoms with Gasteiger partial charge in [-0.05, 0) is 31.2 Å². The lowest BCUT2D eigenvalue weighted by atomic mass is 10.0. The lowest BCUT2D eigenvalue weighted by Crippen LogP contribution is -2.33. The third kappa shape index (κ3) is 4.05. The smallest absolute Gasteiger partial charge is 0.325 e. The van der Waals surface area contributed by atoms with Gasteiger partial charge in [0.15, 0.2) is 5.78 Å². The number of amides is 1. The van der Waals surface area contributed by atoms with Crippen LogP contribution in [0.2, 0.25) is 0 Å². The van der Waals surface area contributed by atoms with Crippen LogP contribution in [-0.4, -0.2) is 42.8 Å². The molecule has 0 saturated carbocycles. The van der Waals surface area contributed by atoms with Gasteiger partial charge in [-0.2, -0.15) is 11.3 Å². The van der Waals surface area contributed by atoms with Gasteiger partial charge in [-0.15, -0.1) is 0 Å². The third-order valence-electron chi connectivity index (χ3n) is 3.26. The van der Waals surface area contributed by atoms with Crippen LogP contribution in [0.3, 0.4) is 0 Å². The summed E-state index contributed by atoms with van der Waals surface area (Å²) in [6, 6.07) is 5.11. The maximum atomic E-state index is 13.0. The van der Waals surface area contributed by atoms with Crippen molar-refractivity contribution in [2.45, 2.75) is 6.92 Å². The summed E-state index contributed by atoms with van der Waals surface area (Å²) in [6.45, 7) is 1.71. The Morgan fingerprint density at radius 3 is 2.38 bits per heavy atom. The molecule has 0 N–H and O–H groups in total. The number of ether oxygens (including phenoxy) is 1. The Morgan fingerprint density at radius 1 is 1.12 bits per heavy atom. The zero-order valence-corrected chi connectivity index (χ0v) is 14.1. The van der Waals surface area contributed by atoms with Gasteiger partial charge < -0.3 is 9.64 Å². The average molecular weight is 349 g/mol. The Balaban J connectivity index is 2.20. The SMILES string of the molecule is CCOC(=O)CN(C)C(=O)c1cscc1C(=O)c1ccc(F)cc1. The van der Waals surface area contributed by atoms with Gasteiger partial charge in [-0.1, -0.05) is 0 Å². The van der Waals surface area contributed by atoms with Gasteiger partial charge in [0.2, 0.25) is 0 Å². The topological polar surface area (TPSA) is 63.7 Å². The quantitative estimate of drug-likeness (QED) is 0.594. The van der Waals surface area contributed by atoms with Gasteiger partial charge in [-0.3, -0.25) is 14.4 Å². The lowest BCUT2D eigenvalue weighted by molar-refractivity contribution is -0.143. The Bertz CT molecular complexity index is 754. The first-order valence-corrected chi connectivity index (χ1v) is 8.15. The molecule has 1 heterocycles. The molecule has 0 saturated heterocycles. The van der Waals surface area contributed by atoms with Crippen molar-refractivity contribution in [1.82, 2.24) is 4.90 Å². The average Bonchev–Trinajstić information content (AvgIpc) is 3.03. The zero-order valence-electron chi connectivity index (χ0n) is 13.2. The van der Waals surface area contributed by atoms with Gasteiger partial charge >= 0.3 is 5.97 Å². The van der Waals surface area contributed by atoms with E-state index in [1.165, 1.54) is 47.5 Å². The fraction of sp³-hybridized carbons (Fsp3) is 0.235. The van der Waals surface area contributed by atoms with E-state index in [9.17, 15) is 18.8 Å². The van der Waals surface area contributed by atoms with E-state index in [1.54, 1.807) is 17.7 Å². The van der Waals surface area contributed by atoms with Gasteiger partial charge in [0.1, 0.15) is 12.4 Å². The van der Waals surface area contributed by atoms with Crippen molar-refractivity contribution in [3.8, 4) is 0 Å². The molecule has 0 aliphatic rings. The Labute approximate surface area is 142 Å². The second-order valence-electron chi connectivity index (χ2n) is 5.00. The number of halogens is 1. The van der Waals surface area contributed by atoms with Gasteiger partial charge in [-0.25, -0.2) is 4.39 Å². The molecule has 0 fully saturated rings. The molecule has 0 radical (unpaired) electrons. The Kier molecular flexibility index (Phi) is 5.81. The number of carbonyl (C=O) groups excluding carboxylic acids is 3. The Morgan fingerprint density at radius 2 is 1.75 bits per heavy atom. The largest absolute Gasteiger partial charge is 0.465 e. The summed E-state index contributed by atoms with van der Waals surface area (Å²) in [5.74, 6) is -1.78. The minimum Gasteiger partial charge on any atom is -0.465 e. The monoisotopic (exact) mass is 349 g/mol. The van der Waals surface area contributed by atoms with Crippen LogP contribution in [0.15, 0.2) is 35.0 Å². The van der Waals surface area contributed by atoms with Crippen molar-refractivity contribution in [2.75, 3.05) is 20.2 Å². The predicted molar refractivity (Wildman–Crippen MR) is 87.7 cm³/mol. The minimum atomic E-state index is -0.519. The molecule has 1 aromatic heterocycles. The summed E-state index contributed by atoms with van der Waals surface area (Å²) in [5.41, 5.74) is 0.727. The number of thiophene rings is 1. The predicted octanol–water partition coefficient (Wildman–Crippen LogP) is 2.75. The summed E-state index contributed by atoms with van der Waals surface area (Å²) in [4.78, 5) is 37.7. The van der Waals surface area contributed by atoms with Crippen LogP contribution in [0.5, 0.6) is 0 Å². The molecule has 0 bridgehead atoms. The molecule has 126 valence electrons. The highest BCUT2D eigenvalue weighted by molar-refractivity contribution is 7.08. The second kappa shape index (κ2) is 7.83. The minimum absolute atomic E-state index is 0.202. The van der Waals surface area contributed by atoms with Crippen molar-refractivity contribution in [2.24, 2.45) is 0 Å². The first-order valence-electron chi connectivity index (χ1n) is 7.21. The molecule has 0 aliphatic heterocycles. The van der Waals surface area contributed by atoms with E-state index in [0.717, 1.165) is 0 Å². The summed E-state index contributed by atoms with van der Waals surface area (Å²) < 4.78 is 17.8. The number of hydrogen-bond acceptors (Lipinski definition) is 5. The standard InChI is InChI=1S/C17H16FNO4S/c1-3-23-15(20)8-19(2)17(22)14-10-24-9-13(14)16(21)11-4-6-12(18)7-5-11/h4-7,9-10H,3,8H2,1-2H3. The van der Waals surface area contributed by atoms with Crippen molar-refractivity contribution in [3.63, 3.8) is 0 Å². The number of carbonyl (C=O) groups is 3. The molecule has 2 rings (SSSR count). The number of likely N-dealkylation sites (N-methyl/N-ethyl adjacent to an activating group) is 1. The van der Waals surface area contributed by atoms with Crippen molar-refractivity contribution < 1.29 is 23.5 Å². The normalized spacial score (nSPS) is 10.3. The first kappa shape index (κ1) is 17.8. The van der Waals surface area contributed by atoms with E-state index in [4.69, 9.17) is 4.74 Å². The van der Waals surface area contributed by atoms with Gasteiger partial charge in [0.25, 0.3) is 5.91 Å². The van der Waals surface area contributed by atoms with E-state index < -0.39 is 17.7 Å². The van der Waals surface area contributed by atoms with Crippen LogP contribution in [0.1, 0.15) is 33.2 Å². The van der Waals surface area contributed by atoms with Crippen LogP contribution in [0.25, 0.3) is 0 Å². The first-order chi connectivity index (χ1) is 11.4. The molecule has 1 aromatic carbocycles. The highest BCUT2D eigenvalue weighted by atomic mass is 32.1. The number of benzene rings is 1. The molecule has 7 heteroatoms. The van der Waals surface area contributed by atoms with Crippen molar-refractivity contribution in [3.05, 3.63) is 57.5 Å². The molecule has 0 spiro atoms. The molecule has 5 nitrogen and oxygen atoms in total. The van der Waals surface area contributed by atoms with Gasteiger partial charge in [0.05, 0.1) is 12.2 Å². The van der Waals surface area contributed by atoms with Crippen LogP contribution in [0, 0.1) is 5.82 Å². The summed E-state index contributed by atoms with van der Waals surface area (Å²) in [6.07, 6.45) is 0. The molecule has 0 unspecified atom stereocenters. The summed E-state index contributed by atoms with van der Waals surface area (Å²) in [7, 11) is 1.46. The number of ketones is 1. The van der Waals surface area contributed by atoms with Crippen LogP contribution >= 0.6 is 11.3 Å².